The van der Waals surface area contributed by atoms with Crippen molar-refractivity contribution in [2.24, 2.45) is 5.92 Å². The molecule has 0 aliphatic rings. The molecule has 0 aliphatic carbocycles. The van der Waals surface area contributed by atoms with Gasteiger partial charge in [0.2, 0.25) is 0 Å². The van der Waals surface area contributed by atoms with Crippen LogP contribution in [-0.4, -0.2) is 33.6 Å². The highest BCUT2D eigenvalue weighted by atomic mass is 16.4. The fourth-order valence-corrected chi connectivity index (χ4v) is 0.812. The summed E-state index contributed by atoms with van der Waals surface area (Å²) in [6.07, 6.45) is -0.863. The summed E-state index contributed by atoms with van der Waals surface area (Å²) >= 11 is 0. The van der Waals surface area contributed by atoms with Crippen LogP contribution in [0.5, 0.6) is 0 Å². The number of aliphatic hydroxyl groups excluding tert-OH is 2. The van der Waals surface area contributed by atoms with Gasteiger partial charge in [0.15, 0.2) is 0 Å². The zero-order valence-electron chi connectivity index (χ0n) is 6.70. The van der Waals surface area contributed by atoms with Crippen molar-refractivity contribution in [1.82, 2.24) is 0 Å². The van der Waals surface area contributed by atoms with Crippen molar-refractivity contribution in [1.29, 1.82) is 0 Å². The second-order valence-corrected chi connectivity index (χ2v) is 3.20. The van der Waals surface area contributed by atoms with Crippen LogP contribution >= 0.6 is 0 Å². The molecule has 0 saturated heterocycles. The van der Waals surface area contributed by atoms with E-state index in [1.165, 1.54) is 6.92 Å². The molecule has 0 saturated carbocycles. The minimum absolute atomic E-state index is 0.0397. The zero-order chi connectivity index (χ0) is 8.36. The van der Waals surface area contributed by atoms with Crippen LogP contribution in [0.25, 0.3) is 0 Å². The summed E-state index contributed by atoms with van der Waals surface area (Å²) < 4.78 is 0. The summed E-state index contributed by atoms with van der Waals surface area (Å²) in [6, 6.07) is 0. The maximum atomic E-state index is 9.26. The minimum Gasteiger partial charge on any atom is -0.393 e. The van der Waals surface area contributed by atoms with Gasteiger partial charge in [-0.1, -0.05) is 13.8 Å². The first-order valence-corrected chi connectivity index (χ1v) is 3.43. The van der Waals surface area contributed by atoms with Gasteiger partial charge in [-0.15, -0.1) is 0 Å². The van der Waals surface area contributed by atoms with Crippen LogP contribution in [0.3, 0.4) is 0 Å². The Hall–Kier alpha value is -0.120. The van der Waals surface area contributed by atoms with Gasteiger partial charge in [-0.05, 0) is 12.8 Å². The molecule has 0 aromatic carbocycles. The summed E-state index contributed by atoms with van der Waals surface area (Å²) in [5.41, 5.74) is -1.37. The van der Waals surface area contributed by atoms with E-state index in [2.05, 4.69) is 0 Å². The van der Waals surface area contributed by atoms with Gasteiger partial charge in [-0.3, -0.25) is 0 Å². The maximum absolute atomic E-state index is 9.26. The van der Waals surface area contributed by atoms with Crippen molar-refractivity contribution >= 4 is 0 Å². The molecule has 0 amide bonds. The molecular weight excluding hydrogens is 132 g/mol. The molecule has 0 spiro atoms. The van der Waals surface area contributed by atoms with E-state index in [4.69, 9.17) is 5.11 Å². The highest BCUT2D eigenvalue weighted by molar-refractivity contribution is 4.82. The molecule has 3 nitrogen and oxygen atoms in total. The third kappa shape index (κ3) is 2.25. The Bertz CT molecular complexity index is 99.0. The zero-order valence-corrected chi connectivity index (χ0v) is 6.70. The van der Waals surface area contributed by atoms with Crippen LogP contribution < -0.4 is 0 Å². The predicted octanol–water partition coefficient (Wildman–Crippen LogP) is -0.253. The SMILES string of the molecule is CC(C)C(O)C(C)(O)CO. The maximum Gasteiger partial charge on any atom is 0.111 e. The van der Waals surface area contributed by atoms with Crippen molar-refractivity contribution < 1.29 is 15.3 Å². The standard InChI is InChI=1S/C7H16O3/c1-5(2)6(9)7(3,10)4-8/h5-6,8-10H,4H2,1-3H3. The molecule has 0 aliphatic heterocycles. The van der Waals surface area contributed by atoms with Crippen LogP contribution in [-0.2, 0) is 0 Å². The predicted molar refractivity (Wildman–Crippen MR) is 38.6 cm³/mol. The van der Waals surface area contributed by atoms with E-state index in [-0.39, 0.29) is 5.92 Å². The van der Waals surface area contributed by atoms with Crippen LogP contribution in [0.2, 0.25) is 0 Å². The van der Waals surface area contributed by atoms with E-state index in [0.29, 0.717) is 0 Å². The lowest BCUT2D eigenvalue weighted by molar-refractivity contribution is -0.109. The summed E-state index contributed by atoms with van der Waals surface area (Å²) in [4.78, 5) is 0. The molecular formula is C7H16O3. The van der Waals surface area contributed by atoms with Gasteiger partial charge in [-0.2, -0.15) is 0 Å². The molecule has 0 radical (unpaired) electrons. The number of aliphatic hydroxyl groups is 3. The van der Waals surface area contributed by atoms with Gasteiger partial charge in [0.25, 0.3) is 0 Å². The highest BCUT2D eigenvalue weighted by Gasteiger charge is 2.31. The molecule has 0 aromatic heterocycles. The Morgan fingerprint density at radius 3 is 1.90 bits per heavy atom. The van der Waals surface area contributed by atoms with E-state index in [9.17, 15) is 10.2 Å². The lowest BCUT2D eigenvalue weighted by atomic mass is 9.91. The minimum atomic E-state index is -1.37. The molecule has 0 fully saturated rings. The first kappa shape index (κ1) is 9.88. The summed E-state index contributed by atoms with van der Waals surface area (Å²) in [7, 11) is 0. The second-order valence-electron chi connectivity index (χ2n) is 3.20. The Kier molecular flexibility index (Phi) is 3.28. The summed E-state index contributed by atoms with van der Waals surface area (Å²) in [5, 5.41) is 27.1. The Balaban J connectivity index is 4.03. The van der Waals surface area contributed by atoms with Gasteiger partial charge in [0, 0.05) is 0 Å². The van der Waals surface area contributed by atoms with Crippen molar-refractivity contribution in [2.75, 3.05) is 6.61 Å². The monoisotopic (exact) mass is 148 g/mol. The Morgan fingerprint density at radius 2 is 1.80 bits per heavy atom. The van der Waals surface area contributed by atoms with Crippen molar-refractivity contribution in [3.63, 3.8) is 0 Å². The first-order valence-electron chi connectivity index (χ1n) is 3.43. The largest absolute Gasteiger partial charge is 0.393 e. The molecule has 0 rings (SSSR count). The molecule has 3 heteroatoms. The fraction of sp³-hybridized carbons (Fsp3) is 1.00. The molecule has 2 unspecified atom stereocenters. The van der Waals surface area contributed by atoms with Crippen LogP contribution in [0.15, 0.2) is 0 Å². The average molecular weight is 148 g/mol. The first-order chi connectivity index (χ1) is 4.41. The van der Waals surface area contributed by atoms with Gasteiger partial charge in [0.1, 0.15) is 5.60 Å². The third-order valence-electron chi connectivity index (χ3n) is 1.59. The normalized spacial score (nSPS) is 20.7. The van der Waals surface area contributed by atoms with Crippen LogP contribution in [0.1, 0.15) is 20.8 Å². The Labute approximate surface area is 61.3 Å². The van der Waals surface area contributed by atoms with Crippen LogP contribution in [0.4, 0.5) is 0 Å². The second kappa shape index (κ2) is 3.32. The van der Waals surface area contributed by atoms with Gasteiger partial charge >= 0.3 is 0 Å². The van der Waals surface area contributed by atoms with Crippen molar-refractivity contribution in [2.45, 2.75) is 32.5 Å². The smallest absolute Gasteiger partial charge is 0.111 e. The van der Waals surface area contributed by atoms with Crippen molar-refractivity contribution in [3.8, 4) is 0 Å². The van der Waals surface area contributed by atoms with Gasteiger partial charge < -0.3 is 15.3 Å². The third-order valence-corrected chi connectivity index (χ3v) is 1.59. The van der Waals surface area contributed by atoms with E-state index in [0.717, 1.165) is 0 Å². The van der Waals surface area contributed by atoms with Gasteiger partial charge in [-0.25, -0.2) is 0 Å². The lowest BCUT2D eigenvalue weighted by Gasteiger charge is -2.29. The summed E-state index contributed by atoms with van der Waals surface area (Å²) in [5.74, 6) is -0.0397. The fourth-order valence-electron chi connectivity index (χ4n) is 0.812. The molecule has 2 atom stereocenters. The van der Waals surface area contributed by atoms with Gasteiger partial charge in [0.05, 0.1) is 12.7 Å². The molecule has 10 heavy (non-hydrogen) atoms. The van der Waals surface area contributed by atoms with Crippen molar-refractivity contribution in [3.05, 3.63) is 0 Å². The number of rotatable bonds is 3. The Morgan fingerprint density at radius 1 is 1.40 bits per heavy atom. The summed E-state index contributed by atoms with van der Waals surface area (Å²) in [6.45, 7) is 4.58. The molecule has 62 valence electrons. The topological polar surface area (TPSA) is 60.7 Å². The van der Waals surface area contributed by atoms with E-state index in [1.54, 1.807) is 13.8 Å². The molecule has 3 N–H and O–H groups in total. The number of hydrogen-bond acceptors (Lipinski definition) is 3. The lowest BCUT2D eigenvalue weighted by Crippen LogP contribution is -2.45. The van der Waals surface area contributed by atoms with E-state index >= 15 is 0 Å². The molecule has 0 bridgehead atoms. The quantitative estimate of drug-likeness (QED) is 0.517. The molecule has 0 heterocycles. The number of hydrogen-bond donors (Lipinski definition) is 3. The molecule has 0 aromatic rings. The highest BCUT2D eigenvalue weighted by Crippen LogP contribution is 2.15. The van der Waals surface area contributed by atoms with Crippen LogP contribution in [0, 0.1) is 5.92 Å². The average Bonchev–Trinajstić information content (AvgIpc) is 1.86. The van der Waals surface area contributed by atoms with E-state index < -0.39 is 18.3 Å². The van der Waals surface area contributed by atoms with E-state index in [1.807, 2.05) is 0 Å².